The number of carboxylic acids is 1. The van der Waals surface area contributed by atoms with Crippen molar-refractivity contribution in [2.75, 3.05) is 44.4 Å². The van der Waals surface area contributed by atoms with Gasteiger partial charge in [-0.05, 0) is 12.1 Å². The summed E-state index contributed by atoms with van der Waals surface area (Å²) in [4.78, 5) is 29.7. The van der Waals surface area contributed by atoms with Crippen molar-refractivity contribution in [3.05, 3.63) is 42.5 Å². The molecule has 2 aliphatic rings. The topological polar surface area (TPSA) is 110 Å². The molecule has 2 aromatic heterocycles. The first-order valence-corrected chi connectivity index (χ1v) is 10.0. The van der Waals surface area contributed by atoms with Crippen LogP contribution in [-0.4, -0.2) is 87.9 Å². The lowest BCUT2D eigenvalue weighted by Gasteiger charge is -2.42. The third kappa shape index (κ3) is 6.73. The third-order valence-electron chi connectivity index (χ3n) is 5.04. The molecule has 13 heteroatoms. The molecule has 180 valence electrons. The lowest BCUT2D eigenvalue weighted by Crippen LogP contribution is -2.60. The van der Waals surface area contributed by atoms with Crippen LogP contribution in [0.5, 0.6) is 0 Å². The molecule has 1 spiro atoms. The molecule has 1 amide bonds. The molecule has 2 aliphatic heterocycles. The maximum atomic E-state index is 12.4. The normalized spacial score (nSPS) is 21.9. The molecular formula is C20H24F3N5O5. The first kappa shape index (κ1) is 24.6. The molecule has 1 N–H and O–H groups in total. The molecule has 1 unspecified atom stereocenters. The van der Waals surface area contributed by atoms with E-state index in [2.05, 4.69) is 15.0 Å². The predicted molar refractivity (Wildman–Crippen MR) is 108 cm³/mol. The van der Waals surface area contributed by atoms with Crippen LogP contribution in [0.3, 0.4) is 0 Å². The highest BCUT2D eigenvalue weighted by Gasteiger charge is 2.43. The summed E-state index contributed by atoms with van der Waals surface area (Å²) >= 11 is 0. The maximum Gasteiger partial charge on any atom is 0.490 e. The Bertz CT molecular complexity index is 955. The average molecular weight is 471 g/mol. The van der Waals surface area contributed by atoms with Crippen molar-refractivity contribution in [2.45, 2.75) is 18.3 Å². The Kier molecular flexibility index (Phi) is 7.66. The van der Waals surface area contributed by atoms with E-state index >= 15 is 0 Å². The molecule has 33 heavy (non-hydrogen) atoms. The highest BCUT2D eigenvalue weighted by Crippen LogP contribution is 2.27. The fourth-order valence-electron chi connectivity index (χ4n) is 3.52. The largest absolute Gasteiger partial charge is 0.490 e. The van der Waals surface area contributed by atoms with Crippen LogP contribution in [0.1, 0.15) is 5.69 Å². The molecule has 1 atom stereocenters. The second kappa shape index (κ2) is 10.3. The number of anilines is 1. The fraction of sp³-hybridized carbons (Fsp3) is 0.500. The molecule has 4 heterocycles. The van der Waals surface area contributed by atoms with Crippen LogP contribution in [0, 0.1) is 0 Å². The molecule has 0 bridgehead atoms. The molecule has 0 saturated carbocycles. The Morgan fingerprint density at radius 2 is 2.06 bits per heavy atom. The van der Waals surface area contributed by atoms with Crippen molar-refractivity contribution in [2.24, 2.45) is 7.05 Å². The van der Waals surface area contributed by atoms with Gasteiger partial charge in [-0.15, -0.1) is 0 Å². The monoisotopic (exact) mass is 471 g/mol. The minimum atomic E-state index is -5.08. The summed E-state index contributed by atoms with van der Waals surface area (Å²) < 4.78 is 45.3. The first-order chi connectivity index (χ1) is 15.6. The van der Waals surface area contributed by atoms with Gasteiger partial charge in [-0.1, -0.05) is 6.07 Å². The van der Waals surface area contributed by atoms with Crippen LogP contribution in [0.25, 0.3) is 0 Å². The number of amides is 1. The fourth-order valence-corrected chi connectivity index (χ4v) is 3.52. The van der Waals surface area contributed by atoms with Gasteiger partial charge in [0.25, 0.3) is 5.91 Å². The average Bonchev–Trinajstić information content (AvgIpc) is 3.10. The SMILES string of the molecule is Cn1cc(N2CC3(COCCN(Cc4ccccn4)C3)OCC2=O)cn1.O=C(O)C(F)(F)F. The molecule has 10 nitrogen and oxygen atoms in total. The highest BCUT2D eigenvalue weighted by atomic mass is 19.4. The zero-order valence-electron chi connectivity index (χ0n) is 17.9. The van der Waals surface area contributed by atoms with Crippen LogP contribution in [0.15, 0.2) is 36.8 Å². The lowest BCUT2D eigenvalue weighted by molar-refractivity contribution is -0.192. The molecule has 4 rings (SSSR count). The zero-order valence-corrected chi connectivity index (χ0v) is 17.9. The molecule has 2 fully saturated rings. The summed E-state index contributed by atoms with van der Waals surface area (Å²) in [7, 11) is 1.84. The molecule has 0 aromatic carbocycles. The minimum Gasteiger partial charge on any atom is -0.475 e. The van der Waals surface area contributed by atoms with Crippen LogP contribution in [0.2, 0.25) is 0 Å². The van der Waals surface area contributed by atoms with E-state index in [1.54, 1.807) is 22.0 Å². The summed E-state index contributed by atoms with van der Waals surface area (Å²) in [6.45, 7) is 3.84. The van der Waals surface area contributed by atoms with E-state index in [9.17, 15) is 18.0 Å². The zero-order chi connectivity index (χ0) is 24.1. The summed E-state index contributed by atoms with van der Waals surface area (Å²) in [5.41, 5.74) is 1.26. The van der Waals surface area contributed by atoms with E-state index in [1.807, 2.05) is 31.4 Å². The van der Waals surface area contributed by atoms with Gasteiger partial charge in [0, 0.05) is 39.1 Å². The number of carbonyl (C=O) groups excluding carboxylic acids is 1. The number of alkyl halides is 3. The molecule has 2 aromatic rings. The molecule has 0 radical (unpaired) electrons. The quantitative estimate of drug-likeness (QED) is 0.709. The number of morpholine rings is 1. The minimum absolute atomic E-state index is 0.0513. The van der Waals surface area contributed by atoms with Gasteiger partial charge < -0.3 is 19.5 Å². The Morgan fingerprint density at radius 3 is 2.67 bits per heavy atom. The van der Waals surface area contributed by atoms with Gasteiger partial charge in [0.2, 0.25) is 0 Å². The van der Waals surface area contributed by atoms with E-state index in [0.717, 1.165) is 24.5 Å². The number of carbonyl (C=O) groups is 2. The van der Waals surface area contributed by atoms with E-state index in [0.29, 0.717) is 26.3 Å². The van der Waals surface area contributed by atoms with Gasteiger partial charge in [0.15, 0.2) is 0 Å². The number of rotatable bonds is 3. The van der Waals surface area contributed by atoms with Crippen molar-refractivity contribution < 1.29 is 37.3 Å². The van der Waals surface area contributed by atoms with Crippen molar-refractivity contribution in [3.8, 4) is 0 Å². The van der Waals surface area contributed by atoms with E-state index in [-0.39, 0.29) is 12.5 Å². The number of ether oxygens (including phenoxy) is 2. The summed E-state index contributed by atoms with van der Waals surface area (Å²) in [5, 5.41) is 11.3. The predicted octanol–water partition coefficient (Wildman–Crippen LogP) is 1.08. The van der Waals surface area contributed by atoms with E-state index in [1.165, 1.54) is 0 Å². The standard InChI is InChI=1S/C18H23N5O3.C2HF3O2/c1-21-10-16(8-20-21)23-13-18(26-11-17(23)24)12-22(6-7-25-14-18)9-15-4-2-3-5-19-15;3-2(4,5)1(6)7/h2-5,8,10H,6-7,9,11-14H2,1H3;(H,6,7). The van der Waals surface area contributed by atoms with Gasteiger partial charge in [-0.3, -0.25) is 19.4 Å². The number of pyridine rings is 1. The van der Waals surface area contributed by atoms with Gasteiger partial charge in [0.05, 0.1) is 37.3 Å². The third-order valence-corrected chi connectivity index (χ3v) is 5.04. The second-order valence-electron chi connectivity index (χ2n) is 7.71. The van der Waals surface area contributed by atoms with Gasteiger partial charge in [0.1, 0.15) is 12.2 Å². The molecule has 0 aliphatic carbocycles. The van der Waals surface area contributed by atoms with Crippen LogP contribution >= 0.6 is 0 Å². The Hall–Kier alpha value is -3.03. The summed E-state index contributed by atoms with van der Waals surface area (Å²) in [6.07, 6.45) is 0.277. The first-order valence-electron chi connectivity index (χ1n) is 10.0. The van der Waals surface area contributed by atoms with E-state index < -0.39 is 17.7 Å². The summed E-state index contributed by atoms with van der Waals surface area (Å²) in [5.74, 6) is -2.81. The van der Waals surface area contributed by atoms with Crippen molar-refractivity contribution in [3.63, 3.8) is 0 Å². The molecule has 2 saturated heterocycles. The van der Waals surface area contributed by atoms with E-state index in [4.69, 9.17) is 19.4 Å². The van der Waals surface area contributed by atoms with Crippen LogP contribution < -0.4 is 4.90 Å². The highest BCUT2D eigenvalue weighted by molar-refractivity contribution is 5.95. The number of hydrogen-bond acceptors (Lipinski definition) is 7. The smallest absolute Gasteiger partial charge is 0.475 e. The van der Waals surface area contributed by atoms with Crippen molar-refractivity contribution in [1.82, 2.24) is 19.7 Å². The number of aliphatic carboxylic acids is 1. The maximum absolute atomic E-state index is 12.4. The number of hydrogen-bond donors (Lipinski definition) is 1. The Labute approximate surface area is 187 Å². The Balaban J connectivity index is 0.000000383. The lowest BCUT2D eigenvalue weighted by atomic mass is 10.0. The number of nitrogens with zero attached hydrogens (tertiary/aromatic N) is 5. The Morgan fingerprint density at radius 1 is 1.30 bits per heavy atom. The van der Waals surface area contributed by atoms with Gasteiger partial charge >= 0.3 is 12.1 Å². The second-order valence-corrected chi connectivity index (χ2v) is 7.71. The number of aromatic nitrogens is 3. The molecular weight excluding hydrogens is 447 g/mol. The van der Waals surface area contributed by atoms with Gasteiger partial charge in [-0.25, -0.2) is 4.79 Å². The summed E-state index contributed by atoms with van der Waals surface area (Å²) in [6, 6.07) is 5.93. The number of aryl methyl sites for hydroxylation is 1. The number of halogens is 3. The van der Waals surface area contributed by atoms with Crippen LogP contribution in [-0.2, 0) is 32.7 Å². The van der Waals surface area contributed by atoms with Crippen molar-refractivity contribution in [1.29, 1.82) is 0 Å². The van der Waals surface area contributed by atoms with Gasteiger partial charge in [-0.2, -0.15) is 18.3 Å². The number of carboxylic acid groups (broad SMARTS) is 1. The van der Waals surface area contributed by atoms with Crippen LogP contribution in [0.4, 0.5) is 18.9 Å². The van der Waals surface area contributed by atoms with Crippen molar-refractivity contribution >= 4 is 17.6 Å².